The van der Waals surface area contributed by atoms with Gasteiger partial charge in [-0.2, -0.15) is 0 Å². The molecular formula is C19H29BrO2. The normalized spacial score (nSPS) is 57.9. The zero-order chi connectivity index (χ0) is 15.7. The summed E-state index contributed by atoms with van der Waals surface area (Å²) >= 11 is 3.83. The van der Waals surface area contributed by atoms with Crippen molar-refractivity contribution < 1.29 is 9.90 Å². The average molecular weight is 369 g/mol. The molecule has 0 aromatic rings. The third kappa shape index (κ3) is 1.90. The Hall–Kier alpha value is 0.110. The molecule has 0 aromatic heterocycles. The number of hydrogen-bond acceptors (Lipinski definition) is 2. The average Bonchev–Trinajstić information content (AvgIpc) is 2.88. The molecule has 0 radical (unpaired) electrons. The Morgan fingerprint density at radius 1 is 1.09 bits per heavy atom. The van der Waals surface area contributed by atoms with Crippen LogP contribution in [0.3, 0.4) is 0 Å². The van der Waals surface area contributed by atoms with Crippen LogP contribution < -0.4 is 0 Å². The lowest BCUT2D eigenvalue weighted by molar-refractivity contribution is -0.157. The maximum atomic E-state index is 13.3. The van der Waals surface area contributed by atoms with Gasteiger partial charge in [0.15, 0.2) is 5.78 Å². The van der Waals surface area contributed by atoms with Gasteiger partial charge in [-0.05, 0) is 73.5 Å². The number of hydrogen-bond donors (Lipinski definition) is 1. The second kappa shape index (κ2) is 5.05. The molecule has 0 aliphatic heterocycles. The number of Topliss-reactive ketones (excluding diaryl/α,β-unsaturated/α-hetero) is 1. The molecule has 4 aliphatic rings. The summed E-state index contributed by atoms with van der Waals surface area (Å²) in [5.41, 5.74) is 0.324. The van der Waals surface area contributed by atoms with E-state index >= 15 is 0 Å². The fourth-order valence-electron chi connectivity index (χ4n) is 6.99. The molecule has 8 atom stereocenters. The Morgan fingerprint density at radius 3 is 2.64 bits per heavy atom. The Bertz CT molecular complexity index is 492. The van der Waals surface area contributed by atoms with Gasteiger partial charge in [-0.25, -0.2) is 0 Å². The maximum Gasteiger partial charge on any atom is 0.150 e. The third-order valence-corrected chi connectivity index (χ3v) is 9.72. The minimum atomic E-state index is -0.134. The van der Waals surface area contributed by atoms with Gasteiger partial charge in [-0.1, -0.05) is 36.2 Å². The maximum absolute atomic E-state index is 13.3. The highest BCUT2D eigenvalue weighted by molar-refractivity contribution is 9.10. The first kappa shape index (κ1) is 15.6. The van der Waals surface area contributed by atoms with E-state index in [2.05, 4.69) is 29.8 Å². The number of carbonyl (C=O) groups excluding carboxylic acids is 1. The largest absolute Gasteiger partial charge is 0.393 e. The number of ketones is 1. The summed E-state index contributed by atoms with van der Waals surface area (Å²) in [4.78, 5) is 13.4. The lowest BCUT2D eigenvalue weighted by Crippen LogP contribution is -2.60. The number of halogens is 1. The van der Waals surface area contributed by atoms with Crippen LogP contribution in [0.15, 0.2) is 0 Å². The number of rotatable bonds is 0. The molecule has 0 heterocycles. The lowest BCUT2D eigenvalue weighted by atomic mass is 9.45. The Morgan fingerprint density at radius 2 is 1.86 bits per heavy atom. The van der Waals surface area contributed by atoms with Gasteiger partial charge in [0.25, 0.3) is 0 Å². The molecule has 124 valence electrons. The van der Waals surface area contributed by atoms with Crippen LogP contribution in [-0.2, 0) is 4.79 Å². The number of fused-ring (bicyclic) bond motifs is 5. The molecule has 0 spiro atoms. The summed E-state index contributed by atoms with van der Waals surface area (Å²) in [6.07, 6.45) is 8.96. The van der Waals surface area contributed by atoms with Gasteiger partial charge in [-0.3, -0.25) is 4.79 Å². The number of alkyl halides is 1. The van der Waals surface area contributed by atoms with Gasteiger partial charge < -0.3 is 5.11 Å². The topological polar surface area (TPSA) is 37.3 Å². The molecule has 0 amide bonds. The van der Waals surface area contributed by atoms with Crippen LogP contribution >= 0.6 is 15.9 Å². The van der Waals surface area contributed by atoms with Crippen LogP contribution in [0, 0.1) is 34.5 Å². The molecule has 4 fully saturated rings. The van der Waals surface area contributed by atoms with E-state index in [0.717, 1.165) is 25.2 Å². The predicted octanol–water partition coefficient (Wildman–Crippen LogP) is 4.33. The molecule has 0 saturated heterocycles. The quantitative estimate of drug-likeness (QED) is 0.646. The Kier molecular flexibility index (Phi) is 3.59. The van der Waals surface area contributed by atoms with E-state index in [9.17, 15) is 9.90 Å². The summed E-state index contributed by atoms with van der Waals surface area (Å²) in [6, 6.07) is 0. The zero-order valence-corrected chi connectivity index (χ0v) is 15.4. The number of carbonyl (C=O) groups is 1. The summed E-state index contributed by atoms with van der Waals surface area (Å²) in [5, 5.41) is 10.1. The van der Waals surface area contributed by atoms with E-state index in [0.29, 0.717) is 17.6 Å². The highest BCUT2D eigenvalue weighted by Gasteiger charge is 2.64. The van der Waals surface area contributed by atoms with Crippen molar-refractivity contribution in [1.82, 2.24) is 0 Å². The Labute approximate surface area is 142 Å². The van der Waals surface area contributed by atoms with E-state index in [1.807, 2.05) is 0 Å². The first-order valence-electron chi connectivity index (χ1n) is 9.24. The highest BCUT2D eigenvalue weighted by Crippen LogP contribution is 2.66. The van der Waals surface area contributed by atoms with Crippen molar-refractivity contribution in [2.75, 3.05) is 0 Å². The first-order chi connectivity index (χ1) is 10.4. The zero-order valence-electron chi connectivity index (χ0n) is 13.9. The molecule has 0 bridgehead atoms. The van der Waals surface area contributed by atoms with Crippen molar-refractivity contribution in [2.45, 2.75) is 76.1 Å². The molecule has 22 heavy (non-hydrogen) atoms. The van der Waals surface area contributed by atoms with Crippen molar-refractivity contribution in [3.05, 3.63) is 0 Å². The fraction of sp³-hybridized carbons (Fsp3) is 0.947. The van der Waals surface area contributed by atoms with Crippen molar-refractivity contribution in [3.8, 4) is 0 Å². The van der Waals surface area contributed by atoms with Gasteiger partial charge in [0.1, 0.15) is 0 Å². The van der Waals surface area contributed by atoms with Crippen LogP contribution in [0.25, 0.3) is 0 Å². The molecule has 2 nitrogen and oxygen atoms in total. The lowest BCUT2D eigenvalue weighted by Gasteiger charge is -2.60. The summed E-state index contributed by atoms with van der Waals surface area (Å²) < 4.78 is 0. The van der Waals surface area contributed by atoms with Crippen molar-refractivity contribution in [3.63, 3.8) is 0 Å². The van der Waals surface area contributed by atoms with Crippen LogP contribution in [0.1, 0.15) is 65.2 Å². The Balaban J connectivity index is 1.73. The summed E-state index contributed by atoms with van der Waals surface area (Å²) in [5.74, 6) is 2.61. The molecular weight excluding hydrogens is 340 g/mol. The van der Waals surface area contributed by atoms with Crippen LogP contribution in [0.5, 0.6) is 0 Å². The molecule has 4 aliphatic carbocycles. The second-order valence-corrected chi connectivity index (χ2v) is 10.0. The van der Waals surface area contributed by atoms with Gasteiger partial charge in [0, 0.05) is 5.92 Å². The monoisotopic (exact) mass is 368 g/mol. The third-order valence-electron chi connectivity index (χ3n) is 8.22. The van der Waals surface area contributed by atoms with Gasteiger partial charge in [0.2, 0.25) is 0 Å². The predicted molar refractivity (Wildman–Crippen MR) is 90.8 cm³/mol. The minimum absolute atomic E-state index is 0.0520. The van der Waals surface area contributed by atoms with E-state index in [4.69, 9.17) is 0 Å². The SMILES string of the molecule is C[C@@]12CCC[C@H]1[C@@H]1CC[C@H]3C[C@H](O)CC[C@]3(C)[C@H]1C(=O)[C@@H]2Br. The van der Waals surface area contributed by atoms with E-state index < -0.39 is 0 Å². The van der Waals surface area contributed by atoms with E-state index in [1.54, 1.807) is 0 Å². The molecule has 0 aromatic carbocycles. The van der Waals surface area contributed by atoms with E-state index in [-0.39, 0.29) is 27.7 Å². The first-order valence-corrected chi connectivity index (χ1v) is 10.2. The molecule has 4 rings (SSSR count). The molecule has 1 N–H and O–H groups in total. The summed E-state index contributed by atoms with van der Waals surface area (Å²) in [6.45, 7) is 4.73. The van der Waals surface area contributed by atoms with Crippen LogP contribution in [0.2, 0.25) is 0 Å². The van der Waals surface area contributed by atoms with Crippen molar-refractivity contribution in [2.24, 2.45) is 34.5 Å². The minimum Gasteiger partial charge on any atom is -0.393 e. The van der Waals surface area contributed by atoms with Gasteiger partial charge in [-0.15, -0.1) is 0 Å². The van der Waals surface area contributed by atoms with E-state index in [1.165, 1.54) is 32.1 Å². The molecule has 4 saturated carbocycles. The number of aliphatic hydroxyl groups is 1. The summed E-state index contributed by atoms with van der Waals surface area (Å²) in [7, 11) is 0. The number of aliphatic hydroxyl groups excluding tert-OH is 1. The fourth-order valence-corrected chi connectivity index (χ4v) is 7.84. The second-order valence-electron chi connectivity index (χ2n) is 9.12. The molecule has 3 heteroatoms. The van der Waals surface area contributed by atoms with Crippen molar-refractivity contribution in [1.29, 1.82) is 0 Å². The highest BCUT2D eigenvalue weighted by atomic mass is 79.9. The van der Waals surface area contributed by atoms with Crippen LogP contribution in [0.4, 0.5) is 0 Å². The van der Waals surface area contributed by atoms with Crippen molar-refractivity contribution >= 4 is 21.7 Å². The standard InChI is InChI=1S/C19H29BrO2/c1-18-9-7-12(21)10-11(18)5-6-13-14-4-3-8-19(14,2)17(20)16(22)15(13)18/h11-15,17,21H,3-10H2,1-2H3/t11-,12+,13-,14-,15+,17-,18-,19+/m0/s1. The smallest absolute Gasteiger partial charge is 0.150 e. The van der Waals surface area contributed by atoms with Gasteiger partial charge in [0.05, 0.1) is 10.9 Å². The molecule has 0 unspecified atom stereocenters. The van der Waals surface area contributed by atoms with Gasteiger partial charge >= 0.3 is 0 Å². The van der Waals surface area contributed by atoms with Crippen LogP contribution in [-0.4, -0.2) is 21.8 Å².